The molecule has 1 aromatic carbocycles. The van der Waals surface area contributed by atoms with E-state index < -0.39 is 33.2 Å². The SMILES string of the molecule is O=C(Cl)c1cc(C(F)(F)F)c([N+](=O)[O-])cc1Br. The van der Waals surface area contributed by atoms with Gasteiger partial charge in [-0.2, -0.15) is 13.2 Å². The van der Waals surface area contributed by atoms with Crippen molar-refractivity contribution in [2.45, 2.75) is 6.18 Å². The van der Waals surface area contributed by atoms with E-state index in [4.69, 9.17) is 11.6 Å². The monoisotopic (exact) mass is 331 g/mol. The Morgan fingerprint density at radius 1 is 1.41 bits per heavy atom. The summed E-state index contributed by atoms with van der Waals surface area (Å²) >= 11 is 7.80. The summed E-state index contributed by atoms with van der Waals surface area (Å²) in [6.45, 7) is 0. The van der Waals surface area contributed by atoms with Crippen LogP contribution in [0.1, 0.15) is 15.9 Å². The first kappa shape index (κ1) is 13.9. The maximum Gasteiger partial charge on any atom is 0.423 e. The third kappa shape index (κ3) is 2.95. The van der Waals surface area contributed by atoms with Gasteiger partial charge in [0, 0.05) is 16.1 Å². The second kappa shape index (κ2) is 4.61. The summed E-state index contributed by atoms with van der Waals surface area (Å²) < 4.78 is 37.4. The van der Waals surface area contributed by atoms with Crippen LogP contribution in [0.25, 0.3) is 0 Å². The maximum atomic E-state index is 12.5. The molecule has 17 heavy (non-hydrogen) atoms. The van der Waals surface area contributed by atoms with Crippen molar-refractivity contribution < 1.29 is 22.9 Å². The van der Waals surface area contributed by atoms with Gasteiger partial charge in [-0.1, -0.05) is 0 Å². The second-order valence-corrected chi connectivity index (χ2v) is 4.08. The zero-order valence-corrected chi connectivity index (χ0v) is 10.1. The first-order valence-corrected chi connectivity index (χ1v) is 5.06. The number of rotatable bonds is 2. The van der Waals surface area contributed by atoms with E-state index in [0.717, 1.165) is 0 Å². The van der Waals surface area contributed by atoms with Crippen LogP contribution in [0.5, 0.6) is 0 Å². The zero-order valence-electron chi connectivity index (χ0n) is 7.72. The Hall–Kier alpha value is -1.15. The molecule has 0 aromatic heterocycles. The molecule has 0 aliphatic carbocycles. The Labute approximate surface area is 106 Å². The molecule has 0 radical (unpaired) electrons. The number of alkyl halides is 3. The molecule has 0 N–H and O–H groups in total. The number of nitro groups is 1. The Morgan fingerprint density at radius 3 is 2.29 bits per heavy atom. The van der Waals surface area contributed by atoms with Crippen LogP contribution in [0.3, 0.4) is 0 Å². The van der Waals surface area contributed by atoms with Gasteiger partial charge in [-0.3, -0.25) is 14.9 Å². The van der Waals surface area contributed by atoms with Gasteiger partial charge in [0.05, 0.1) is 4.92 Å². The Bertz CT molecular complexity index is 504. The van der Waals surface area contributed by atoms with Crippen molar-refractivity contribution in [1.82, 2.24) is 0 Å². The average Bonchev–Trinajstić information content (AvgIpc) is 2.14. The van der Waals surface area contributed by atoms with Gasteiger partial charge in [0.2, 0.25) is 0 Å². The number of nitro benzene ring substituents is 1. The lowest BCUT2D eigenvalue weighted by molar-refractivity contribution is -0.388. The molecule has 4 nitrogen and oxygen atoms in total. The summed E-state index contributed by atoms with van der Waals surface area (Å²) in [7, 11) is 0. The second-order valence-electron chi connectivity index (χ2n) is 2.88. The number of halogens is 5. The zero-order chi connectivity index (χ0) is 13.4. The van der Waals surface area contributed by atoms with E-state index in [2.05, 4.69) is 15.9 Å². The van der Waals surface area contributed by atoms with Crippen molar-refractivity contribution in [2.24, 2.45) is 0 Å². The number of hydrogen-bond acceptors (Lipinski definition) is 3. The predicted octanol–water partition coefficient (Wildman–Crippen LogP) is 3.76. The standard InChI is InChI=1S/C8H2BrClF3NO3/c9-5-2-6(14(16)17)4(8(11,12)13)1-3(5)7(10)15/h1-2H. The molecular formula is C8H2BrClF3NO3. The molecule has 0 fully saturated rings. The molecule has 0 spiro atoms. The Morgan fingerprint density at radius 2 is 1.94 bits per heavy atom. The number of carbonyl (C=O) groups excluding carboxylic acids is 1. The van der Waals surface area contributed by atoms with Crippen molar-refractivity contribution in [3.05, 3.63) is 37.8 Å². The highest BCUT2D eigenvalue weighted by molar-refractivity contribution is 9.10. The van der Waals surface area contributed by atoms with Gasteiger partial charge in [0.15, 0.2) is 0 Å². The van der Waals surface area contributed by atoms with Crippen molar-refractivity contribution in [3.8, 4) is 0 Å². The van der Waals surface area contributed by atoms with Gasteiger partial charge < -0.3 is 0 Å². The lowest BCUT2D eigenvalue weighted by Crippen LogP contribution is -2.10. The van der Waals surface area contributed by atoms with Crippen molar-refractivity contribution in [3.63, 3.8) is 0 Å². The van der Waals surface area contributed by atoms with Gasteiger partial charge in [0.1, 0.15) is 5.56 Å². The van der Waals surface area contributed by atoms with Gasteiger partial charge in [-0.25, -0.2) is 0 Å². The van der Waals surface area contributed by atoms with Gasteiger partial charge in [-0.05, 0) is 33.6 Å². The molecule has 0 aliphatic rings. The van der Waals surface area contributed by atoms with Crippen LogP contribution >= 0.6 is 27.5 Å². The van der Waals surface area contributed by atoms with E-state index in [0.29, 0.717) is 12.1 Å². The summed E-state index contributed by atoms with van der Waals surface area (Å²) in [6.07, 6.45) is -4.94. The number of hydrogen-bond donors (Lipinski definition) is 0. The molecule has 0 heterocycles. The minimum Gasteiger partial charge on any atom is -0.276 e. The summed E-state index contributed by atoms with van der Waals surface area (Å²) in [5, 5.41) is 9.33. The van der Waals surface area contributed by atoms with Crippen LogP contribution < -0.4 is 0 Å². The molecular weight excluding hydrogens is 330 g/mol. The van der Waals surface area contributed by atoms with E-state index >= 15 is 0 Å². The van der Waals surface area contributed by atoms with Gasteiger partial charge >= 0.3 is 6.18 Å². The minimum atomic E-state index is -4.94. The van der Waals surface area contributed by atoms with Gasteiger partial charge in [0.25, 0.3) is 10.9 Å². The highest BCUT2D eigenvalue weighted by atomic mass is 79.9. The fourth-order valence-corrected chi connectivity index (χ4v) is 1.87. The molecule has 0 saturated heterocycles. The predicted molar refractivity (Wildman–Crippen MR) is 56.0 cm³/mol. The average molecular weight is 332 g/mol. The normalized spacial score (nSPS) is 11.4. The van der Waals surface area contributed by atoms with Crippen molar-refractivity contribution in [1.29, 1.82) is 0 Å². The molecule has 0 atom stereocenters. The number of nitrogens with zero attached hydrogens (tertiary/aromatic N) is 1. The molecule has 1 rings (SSSR count). The summed E-state index contributed by atoms with van der Waals surface area (Å²) in [4.78, 5) is 20.1. The van der Waals surface area contributed by atoms with E-state index in [1.807, 2.05) is 0 Å². The largest absolute Gasteiger partial charge is 0.423 e. The molecule has 92 valence electrons. The third-order valence-corrected chi connectivity index (χ3v) is 2.66. The van der Waals surface area contributed by atoms with Crippen LogP contribution in [0, 0.1) is 10.1 Å². The Kier molecular flexibility index (Phi) is 3.78. The lowest BCUT2D eigenvalue weighted by atomic mass is 10.1. The molecule has 0 unspecified atom stereocenters. The Balaban J connectivity index is 3.60. The van der Waals surface area contributed by atoms with Gasteiger partial charge in [-0.15, -0.1) is 0 Å². The fraction of sp³-hybridized carbons (Fsp3) is 0.125. The van der Waals surface area contributed by atoms with Crippen LogP contribution in [0.4, 0.5) is 18.9 Å². The quantitative estimate of drug-likeness (QED) is 0.471. The summed E-state index contributed by atoms with van der Waals surface area (Å²) in [5.41, 5.74) is -3.15. The number of carbonyl (C=O) groups is 1. The van der Waals surface area contributed by atoms with E-state index in [1.165, 1.54) is 0 Å². The lowest BCUT2D eigenvalue weighted by Gasteiger charge is -2.09. The van der Waals surface area contributed by atoms with E-state index in [-0.39, 0.29) is 4.47 Å². The van der Waals surface area contributed by atoms with Crippen molar-refractivity contribution >= 4 is 38.5 Å². The molecule has 0 bridgehead atoms. The fourth-order valence-electron chi connectivity index (χ4n) is 1.09. The third-order valence-electron chi connectivity index (χ3n) is 1.80. The summed E-state index contributed by atoms with van der Waals surface area (Å²) in [5.74, 6) is 0. The molecule has 9 heteroatoms. The molecule has 0 saturated carbocycles. The van der Waals surface area contributed by atoms with Crippen molar-refractivity contribution in [2.75, 3.05) is 0 Å². The topological polar surface area (TPSA) is 60.2 Å². The first-order chi connectivity index (χ1) is 7.64. The smallest absolute Gasteiger partial charge is 0.276 e. The van der Waals surface area contributed by atoms with E-state index in [1.54, 1.807) is 0 Å². The summed E-state index contributed by atoms with van der Waals surface area (Å²) in [6, 6.07) is 0.940. The highest BCUT2D eigenvalue weighted by Crippen LogP contribution is 2.39. The van der Waals surface area contributed by atoms with E-state index in [9.17, 15) is 28.1 Å². The number of benzene rings is 1. The molecule has 1 aromatic rings. The van der Waals surface area contributed by atoms with Crippen LogP contribution in [-0.4, -0.2) is 10.2 Å². The molecule has 0 amide bonds. The highest BCUT2D eigenvalue weighted by Gasteiger charge is 2.39. The van der Waals surface area contributed by atoms with Crippen LogP contribution in [-0.2, 0) is 6.18 Å². The first-order valence-electron chi connectivity index (χ1n) is 3.89. The molecule has 0 aliphatic heterocycles. The minimum absolute atomic E-state index is 0.169. The van der Waals surface area contributed by atoms with Crippen LogP contribution in [0.15, 0.2) is 16.6 Å². The maximum absolute atomic E-state index is 12.5. The van der Waals surface area contributed by atoms with Crippen LogP contribution in [0.2, 0.25) is 0 Å².